The predicted octanol–water partition coefficient (Wildman–Crippen LogP) is 6.25. The molecular formula is C26H23F3N4O2S. The van der Waals surface area contributed by atoms with E-state index in [2.05, 4.69) is 22.1 Å². The number of ether oxygens (including phenoxy) is 1. The molecule has 0 atom stereocenters. The quantitative estimate of drug-likeness (QED) is 0.212. The summed E-state index contributed by atoms with van der Waals surface area (Å²) in [6.07, 6.45) is -2.80. The number of hydrogen-bond donors (Lipinski definition) is 1. The van der Waals surface area contributed by atoms with Crippen LogP contribution in [0.15, 0.2) is 78.5 Å². The Morgan fingerprint density at radius 2 is 1.94 bits per heavy atom. The highest BCUT2D eigenvalue weighted by molar-refractivity contribution is 7.99. The number of rotatable bonds is 9. The molecule has 36 heavy (non-hydrogen) atoms. The predicted molar refractivity (Wildman–Crippen MR) is 134 cm³/mol. The summed E-state index contributed by atoms with van der Waals surface area (Å²) in [7, 11) is 0. The van der Waals surface area contributed by atoms with Crippen molar-refractivity contribution in [3.05, 3.63) is 90.3 Å². The van der Waals surface area contributed by atoms with Gasteiger partial charge in [-0.1, -0.05) is 54.2 Å². The highest BCUT2D eigenvalue weighted by Crippen LogP contribution is 2.31. The summed E-state index contributed by atoms with van der Waals surface area (Å²) in [6.45, 7) is 6.33. The van der Waals surface area contributed by atoms with Gasteiger partial charge in [0.15, 0.2) is 11.0 Å². The summed E-state index contributed by atoms with van der Waals surface area (Å²) in [5.74, 6) is 0.771. The van der Waals surface area contributed by atoms with Crippen LogP contribution in [0, 0.1) is 6.92 Å². The van der Waals surface area contributed by atoms with Crippen molar-refractivity contribution in [1.82, 2.24) is 14.8 Å². The fraction of sp³-hybridized carbons (Fsp3) is 0.192. The number of nitrogens with one attached hydrogen (secondary N) is 1. The van der Waals surface area contributed by atoms with Crippen LogP contribution in [0.25, 0.3) is 10.8 Å². The van der Waals surface area contributed by atoms with E-state index in [9.17, 15) is 18.0 Å². The van der Waals surface area contributed by atoms with Crippen molar-refractivity contribution in [2.75, 3.05) is 11.1 Å². The van der Waals surface area contributed by atoms with Gasteiger partial charge in [-0.2, -0.15) is 13.2 Å². The number of benzene rings is 3. The largest absolute Gasteiger partial charge is 0.485 e. The standard InChI is InChI=1S/C26H23F3N4O2S/c1-3-13-33-23(15-35-22-12-11-18-7-4-5-10-21(18)17(22)2)31-32-25(33)36-16-24(34)30-20-9-6-8-19(14-20)26(27,28)29/h3-12,14H,1,13,15-16H2,2H3,(H,30,34). The minimum Gasteiger partial charge on any atom is -0.485 e. The van der Waals surface area contributed by atoms with Gasteiger partial charge in [-0.15, -0.1) is 16.8 Å². The van der Waals surface area contributed by atoms with E-state index in [-0.39, 0.29) is 18.0 Å². The number of anilines is 1. The van der Waals surface area contributed by atoms with Crippen molar-refractivity contribution in [1.29, 1.82) is 0 Å². The molecular weight excluding hydrogens is 489 g/mol. The van der Waals surface area contributed by atoms with Crippen molar-refractivity contribution < 1.29 is 22.7 Å². The Labute approximate surface area is 210 Å². The first kappa shape index (κ1) is 25.3. The second-order valence-electron chi connectivity index (χ2n) is 7.91. The molecule has 0 saturated heterocycles. The van der Waals surface area contributed by atoms with Crippen LogP contribution in [-0.4, -0.2) is 26.4 Å². The highest BCUT2D eigenvalue weighted by Gasteiger charge is 2.30. The molecule has 0 unspecified atom stereocenters. The zero-order valence-electron chi connectivity index (χ0n) is 19.4. The SMILES string of the molecule is C=CCn1c(COc2ccc3ccccc3c2C)nnc1SCC(=O)Nc1cccc(C(F)(F)F)c1. The number of alkyl halides is 3. The third kappa shape index (κ3) is 5.88. The van der Waals surface area contributed by atoms with Gasteiger partial charge in [-0.25, -0.2) is 0 Å². The summed E-state index contributed by atoms with van der Waals surface area (Å²) in [5, 5.41) is 13.6. The molecule has 0 saturated carbocycles. The monoisotopic (exact) mass is 512 g/mol. The van der Waals surface area contributed by atoms with Crippen molar-refractivity contribution in [2.45, 2.75) is 31.4 Å². The molecule has 10 heteroatoms. The molecule has 0 aliphatic heterocycles. The molecule has 6 nitrogen and oxygen atoms in total. The number of hydrogen-bond acceptors (Lipinski definition) is 5. The molecule has 0 radical (unpaired) electrons. The average Bonchev–Trinajstić information content (AvgIpc) is 3.24. The van der Waals surface area contributed by atoms with E-state index in [4.69, 9.17) is 4.74 Å². The molecule has 0 fully saturated rings. The summed E-state index contributed by atoms with van der Waals surface area (Å²) in [6, 6.07) is 16.5. The summed E-state index contributed by atoms with van der Waals surface area (Å²) in [4.78, 5) is 12.4. The molecule has 0 bridgehead atoms. The van der Waals surface area contributed by atoms with Gasteiger partial charge in [-0.3, -0.25) is 9.36 Å². The average molecular weight is 513 g/mol. The Bertz CT molecular complexity index is 1400. The lowest BCUT2D eigenvalue weighted by molar-refractivity contribution is -0.137. The first-order valence-corrected chi connectivity index (χ1v) is 12.0. The Hall–Kier alpha value is -3.79. The maximum absolute atomic E-state index is 12.9. The Kier molecular flexibility index (Phi) is 7.64. The minimum atomic E-state index is -4.49. The van der Waals surface area contributed by atoms with Gasteiger partial charge in [-0.05, 0) is 47.5 Å². The van der Waals surface area contributed by atoms with Crippen LogP contribution in [0.2, 0.25) is 0 Å². The lowest BCUT2D eigenvalue weighted by atomic mass is 10.0. The number of carbonyl (C=O) groups is 1. The number of fused-ring (bicyclic) bond motifs is 1. The second-order valence-corrected chi connectivity index (χ2v) is 8.85. The van der Waals surface area contributed by atoms with Gasteiger partial charge >= 0.3 is 6.18 Å². The molecule has 1 heterocycles. The minimum absolute atomic E-state index is 0.0594. The van der Waals surface area contributed by atoms with Crippen LogP contribution >= 0.6 is 11.8 Å². The van der Waals surface area contributed by atoms with E-state index < -0.39 is 17.6 Å². The van der Waals surface area contributed by atoms with E-state index in [1.807, 2.05) is 43.3 Å². The number of allylic oxidation sites excluding steroid dienone is 1. The lowest BCUT2D eigenvalue weighted by Crippen LogP contribution is -2.15. The number of nitrogens with zero attached hydrogens (tertiary/aromatic N) is 3. The van der Waals surface area contributed by atoms with Crippen LogP contribution in [-0.2, 0) is 24.1 Å². The number of carbonyl (C=O) groups excluding carboxylic acids is 1. The van der Waals surface area contributed by atoms with Crippen molar-refractivity contribution >= 4 is 34.1 Å². The van der Waals surface area contributed by atoms with E-state index in [0.717, 1.165) is 46.0 Å². The number of aryl methyl sites for hydroxylation is 1. The molecule has 0 aliphatic carbocycles. The van der Waals surface area contributed by atoms with Crippen LogP contribution < -0.4 is 10.1 Å². The fourth-order valence-corrected chi connectivity index (χ4v) is 4.42. The summed E-state index contributed by atoms with van der Waals surface area (Å²) in [5.41, 5.74) is 0.261. The number of amides is 1. The molecule has 0 aliphatic rings. The number of aromatic nitrogens is 3. The summed E-state index contributed by atoms with van der Waals surface area (Å²) >= 11 is 1.12. The lowest BCUT2D eigenvalue weighted by Gasteiger charge is -2.12. The van der Waals surface area contributed by atoms with Crippen LogP contribution in [0.5, 0.6) is 5.75 Å². The third-order valence-electron chi connectivity index (χ3n) is 5.42. The van der Waals surface area contributed by atoms with Crippen LogP contribution in [0.4, 0.5) is 18.9 Å². The highest BCUT2D eigenvalue weighted by atomic mass is 32.2. The normalized spacial score (nSPS) is 11.4. The van der Waals surface area contributed by atoms with Gasteiger partial charge in [0.05, 0.1) is 11.3 Å². The topological polar surface area (TPSA) is 69.0 Å². The Morgan fingerprint density at radius 1 is 1.14 bits per heavy atom. The molecule has 4 rings (SSSR count). The Balaban J connectivity index is 1.41. The van der Waals surface area contributed by atoms with Gasteiger partial charge in [0.25, 0.3) is 0 Å². The molecule has 1 aromatic heterocycles. The van der Waals surface area contributed by atoms with Gasteiger partial charge in [0.2, 0.25) is 5.91 Å². The maximum atomic E-state index is 12.9. The number of thioether (sulfide) groups is 1. The molecule has 1 amide bonds. The summed E-state index contributed by atoms with van der Waals surface area (Å²) < 4.78 is 46.5. The third-order valence-corrected chi connectivity index (χ3v) is 6.38. The number of halogens is 3. The van der Waals surface area contributed by atoms with E-state index >= 15 is 0 Å². The van der Waals surface area contributed by atoms with E-state index in [1.165, 1.54) is 12.1 Å². The second kappa shape index (κ2) is 10.9. The van der Waals surface area contributed by atoms with Crippen molar-refractivity contribution in [3.63, 3.8) is 0 Å². The molecule has 1 N–H and O–H groups in total. The first-order valence-electron chi connectivity index (χ1n) is 11.0. The molecule has 0 spiro atoms. The van der Waals surface area contributed by atoms with E-state index in [0.29, 0.717) is 17.5 Å². The van der Waals surface area contributed by atoms with Gasteiger partial charge < -0.3 is 10.1 Å². The zero-order chi connectivity index (χ0) is 25.7. The van der Waals surface area contributed by atoms with Gasteiger partial charge in [0, 0.05) is 12.2 Å². The molecule has 3 aromatic carbocycles. The maximum Gasteiger partial charge on any atom is 0.416 e. The first-order chi connectivity index (χ1) is 17.3. The molecule has 4 aromatic rings. The Morgan fingerprint density at radius 3 is 2.72 bits per heavy atom. The zero-order valence-corrected chi connectivity index (χ0v) is 20.2. The van der Waals surface area contributed by atoms with Crippen LogP contribution in [0.1, 0.15) is 17.0 Å². The fourth-order valence-electron chi connectivity index (χ4n) is 3.65. The van der Waals surface area contributed by atoms with Gasteiger partial charge in [0.1, 0.15) is 12.4 Å². The smallest absolute Gasteiger partial charge is 0.416 e. The molecule has 186 valence electrons. The van der Waals surface area contributed by atoms with E-state index in [1.54, 1.807) is 10.6 Å². The van der Waals surface area contributed by atoms with Crippen LogP contribution in [0.3, 0.4) is 0 Å². The van der Waals surface area contributed by atoms with Crippen molar-refractivity contribution in [3.8, 4) is 5.75 Å². The van der Waals surface area contributed by atoms with Crippen molar-refractivity contribution in [2.24, 2.45) is 0 Å².